The van der Waals surface area contributed by atoms with Gasteiger partial charge < -0.3 is 23.7 Å². The van der Waals surface area contributed by atoms with Crippen molar-refractivity contribution in [3.63, 3.8) is 0 Å². The molecule has 1 aromatic heterocycles. The molecule has 1 amide bonds. The summed E-state index contributed by atoms with van der Waals surface area (Å²) in [6.07, 6.45) is 1.70. The van der Waals surface area contributed by atoms with E-state index in [4.69, 9.17) is 13.9 Å². The summed E-state index contributed by atoms with van der Waals surface area (Å²) in [6.45, 7) is 4.61. The van der Waals surface area contributed by atoms with Crippen LogP contribution in [0.25, 0.3) is 11.0 Å². The highest BCUT2D eigenvalue weighted by Gasteiger charge is 2.19. The highest BCUT2D eigenvalue weighted by atomic mass is 16.5. The molecule has 0 unspecified atom stereocenters. The first-order valence-corrected chi connectivity index (χ1v) is 9.89. The fourth-order valence-electron chi connectivity index (χ4n) is 3.65. The van der Waals surface area contributed by atoms with E-state index in [0.29, 0.717) is 17.1 Å². The number of piperazine rings is 1. The predicted octanol–water partition coefficient (Wildman–Crippen LogP) is 3.26. The summed E-state index contributed by atoms with van der Waals surface area (Å²) in [7, 11) is 1.60. The average Bonchev–Trinajstić information content (AvgIpc) is 3.16. The van der Waals surface area contributed by atoms with E-state index < -0.39 is 0 Å². The molecule has 4 rings (SSSR count). The molecule has 2 heterocycles. The molecular weight excluding hydrogens is 384 g/mol. The minimum Gasteiger partial charge on any atom is -0.497 e. The Hall–Kier alpha value is -3.48. The molecule has 1 fully saturated rings. The van der Waals surface area contributed by atoms with Crippen LogP contribution in [0.15, 0.2) is 53.1 Å². The summed E-state index contributed by atoms with van der Waals surface area (Å²) in [5.41, 5.74) is 2.50. The largest absolute Gasteiger partial charge is 0.497 e. The molecule has 3 aromatic rings. The second-order valence-corrected chi connectivity index (χ2v) is 7.26. The van der Waals surface area contributed by atoms with Crippen molar-refractivity contribution in [1.29, 1.82) is 0 Å². The van der Waals surface area contributed by atoms with Gasteiger partial charge in [-0.2, -0.15) is 0 Å². The average molecular weight is 408 g/mol. The molecule has 0 N–H and O–H groups in total. The number of fused-ring (bicyclic) bond motifs is 1. The van der Waals surface area contributed by atoms with E-state index in [1.54, 1.807) is 38.5 Å². The molecule has 7 nitrogen and oxygen atoms in total. The fraction of sp³-hybridized carbons (Fsp3) is 0.304. The van der Waals surface area contributed by atoms with Crippen molar-refractivity contribution in [1.82, 2.24) is 4.90 Å². The van der Waals surface area contributed by atoms with Crippen LogP contribution < -0.4 is 14.4 Å². The van der Waals surface area contributed by atoms with Gasteiger partial charge in [0.1, 0.15) is 17.1 Å². The second-order valence-electron chi connectivity index (χ2n) is 7.26. The number of hydrogen-bond acceptors (Lipinski definition) is 6. The van der Waals surface area contributed by atoms with Crippen molar-refractivity contribution in [2.45, 2.75) is 13.3 Å². The highest BCUT2D eigenvalue weighted by molar-refractivity contribution is 5.87. The molecule has 1 aliphatic heterocycles. The van der Waals surface area contributed by atoms with E-state index in [0.717, 1.165) is 42.8 Å². The van der Waals surface area contributed by atoms with E-state index in [9.17, 15) is 9.59 Å². The van der Waals surface area contributed by atoms with Gasteiger partial charge in [-0.25, -0.2) is 0 Å². The zero-order valence-corrected chi connectivity index (χ0v) is 17.1. The Bertz CT molecular complexity index is 1050. The Morgan fingerprint density at radius 1 is 1.00 bits per heavy atom. The number of carbonyl (C=O) groups excluding carboxylic acids is 2. The maximum Gasteiger partial charge on any atom is 0.315 e. The van der Waals surface area contributed by atoms with Crippen molar-refractivity contribution < 1.29 is 23.5 Å². The van der Waals surface area contributed by atoms with Crippen LogP contribution in [0, 0.1) is 0 Å². The number of rotatable bonds is 5. The van der Waals surface area contributed by atoms with E-state index in [1.165, 1.54) is 0 Å². The van der Waals surface area contributed by atoms with E-state index in [2.05, 4.69) is 4.90 Å². The van der Waals surface area contributed by atoms with Crippen LogP contribution in [0.3, 0.4) is 0 Å². The summed E-state index contributed by atoms with van der Waals surface area (Å²) in [5.74, 6) is 0.965. The molecule has 0 radical (unpaired) electrons. The van der Waals surface area contributed by atoms with Crippen LogP contribution in [0.2, 0.25) is 0 Å². The molecule has 1 saturated heterocycles. The summed E-state index contributed by atoms with van der Waals surface area (Å²) < 4.78 is 16.2. The quantitative estimate of drug-likeness (QED) is 0.477. The number of nitrogens with zero attached hydrogens (tertiary/aromatic N) is 2. The summed E-state index contributed by atoms with van der Waals surface area (Å²) in [6, 6.07) is 13.0. The van der Waals surface area contributed by atoms with Gasteiger partial charge in [-0.1, -0.05) is 0 Å². The number of esters is 1. The Morgan fingerprint density at radius 2 is 1.70 bits per heavy atom. The van der Waals surface area contributed by atoms with E-state index >= 15 is 0 Å². The third kappa shape index (κ3) is 4.25. The maximum absolute atomic E-state index is 12.4. The van der Waals surface area contributed by atoms with Gasteiger partial charge in [0.05, 0.1) is 19.8 Å². The molecule has 30 heavy (non-hydrogen) atoms. The molecule has 0 spiro atoms. The topological polar surface area (TPSA) is 72.2 Å². The monoisotopic (exact) mass is 408 g/mol. The van der Waals surface area contributed by atoms with Gasteiger partial charge in [0.15, 0.2) is 0 Å². The molecule has 0 bridgehead atoms. The Morgan fingerprint density at radius 3 is 2.37 bits per heavy atom. The first-order valence-electron chi connectivity index (χ1n) is 9.89. The van der Waals surface area contributed by atoms with Crippen molar-refractivity contribution in [3.05, 3.63) is 54.3 Å². The second kappa shape index (κ2) is 8.49. The van der Waals surface area contributed by atoms with Crippen molar-refractivity contribution in [3.8, 4) is 11.5 Å². The first kappa shape index (κ1) is 19.8. The van der Waals surface area contributed by atoms with Gasteiger partial charge in [-0.3, -0.25) is 9.59 Å². The number of carbonyl (C=O) groups is 2. The van der Waals surface area contributed by atoms with Crippen LogP contribution in [0.4, 0.5) is 5.69 Å². The van der Waals surface area contributed by atoms with Crippen LogP contribution >= 0.6 is 0 Å². The number of hydrogen-bond donors (Lipinski definition) is 0. The van der Waals surface area contributed by atoms with E-state index in [1.807, 2.05) is 29.2 Å². The lowest BCUT2D eigenvalue weighted by Crippen LogP contribution is -2.48. The standard InChI is InChI=1S/C23H24N2O5/c1-16(26)24-9-11-25(12-10-24)18-3-5-19(6-4-18)30-23(27)13-17-15-29-22-14-20(28-2)7-8-21(17)22/h3-8,14-15H,9-13H2,1-2H3. The summed E-state index contributed by atoms with van der Waals surface area (Å²) in [5, 5.41) is 0.868. The SMILES string of the molecule is COc1ccc2c(CC(=O)Oc3ccc(N4CCN(C(C)=O)CC4)cc3)coc2c1. The number of anilines is 1. The molecule has 1 aliphatic rings. The molecule has 0 atom stereocenters. The predicted molar refractivity (Wildman–Crippen MR) is 113 cm³/mol. The normalized spacial score (nSPS) is 14.1. The Labute approximate surface area is 174 Å². The lowest BCUT2D eigenvalue weighted by molar-refractivity contribution is -0.133. The summed E-state index contributed by atoms with van der Waals surface area (Å²) >= 11 is 0. The highest BCUT2D eigenvalue weighted by Crippen LogP contribution is 2.26. The zero-order chi connectivity index (χ0) is 21.1. The maximum atomic E-state index is 12.4. The number of furan rings is 1. The number of methoxy groups -OCH3 is 1. The molecular formula is C23H24N2O5. The van der Waals surface area contributed by atoms with Gasteiger partial charge in [0.2, 0.25) is 5.91 Å². The number of amides is 1. The zero-order valence-electron chi connectivity index (χ0n) is 17.1. The van der Waals surface area contributed by atoms with Crippen LogP contribution in [0.5, 0.6) is 11.5 Å². The van der Waals surface area contributed by atoms with Crippen molar-refractivity contribution in [2.75, 3.05) is 38.2 Å². The van der Waals surface area contributed by atoms with Gasteiger partial charge in [-0.05, 0) is 36.4 Å². The molecule has 2 aromatic carbocycles. The Balaban J connectivity index is 1.36. The van der Waals surface area contributed by atoms with Crippen molar-refractivity contribution >= 4 is 28.5 Å². The lowest BCUT2D eigenvalue weighted by atomic mass is 10.1. The van der Waals surface area contributed by atoms with Crippen molar-refractivity contribution in [2.24, 2.45) is 0 Å². The summed E-state index contributed by atoms with van der Waals surface area (Å²) in [4.78, 5) is 27.9. The molecule has 0 saturated carbocycles. The van der Waals surface area contributed by atoms with Gasteiger partial charge in [-0.15, -0.1) is 0 Å². The molecule has 7 heteroatoms. The number of ether oxygens (including phenoxy) is 2. The minimum absolute atomic E-state index is 0.112. The fourth-order valence-corrected chi connectivity index (χ4v) is 3.65. The third-order valence-corrected chi connectivity index (χ3v) is 5.36. The Kier molecular flexibility index (Phi) is 5.61. The smallest absolute Gasteiger partial charge is 0.315 e. The molecule has 156 valence electrons. The van der Waals surface area contributed by atoms with Crippen LogP contribution in [-0.2, 0) is 16.0 Å². The van der Waals surface area contributed by atoms with Gasteiger partial charge >= 0.3 is 5.97 Å². The lowest BCUT2D eigenvalue weighted by Gasteiger charge is -2.35. The van der Waals surface area contributed by atoms with Gasteiger partial charge in [0.25, 0.3) is 0 Å². The number of benzene rings is 2. The minimum atomic E-state index is -0.351. The first-order chi connectivity index (χ1) is 14.5. The van der Waals surface area contributed by atoms with Crippen LogP contribution in [0.1, 0.15) is 12.5 Å². The van der Waals surface area contributed by atoms with Gasteiger partial charge in [0, 0.05) is 55.8 Å². The molecule has 0 aliphatic carbocycles. The third-order valence-electron chi connectivity index (χ3n) is 5.36. The van der Waals surface area contributed by atoms with E-state index in [-0.39, 0.29) is 18.3 Å². The van der Waals surface area contributed by atoms with Crippen LogP contribution in [-0.4, -0.2) is 50.1 Å².